The van der Waals surface area contributed by atoms with Gasteiger partial charge in [0.2, 0.25) is 10.0 Å². The van der Waals surface area contributed by atoms with Crippen LogP contribution < -0.4 is 0 Å². The lowest BCUT2D eigenvalue weighted by Crippen LogP contribution is -2.22. The summed E-state index contributed by atoms with van der Waals surface area (Å²) >= 11 is 1.50. The summed E-state index contributed by atoms with van der Waals surface area (Å²) in [7, 11) is -0.534. The summed E-state index contributed by atoms with van der Waals surface area (Å²) in [6.45, 7) is 0.0565. The molecular weight excluding hydrogens is 322 g/mol. The molecule has 0 fully saturated rings. The highest BCUT2D eigenvalue weighted by molar-refractivity contribution is 7.89. The second kappa shape index (κ2) is 7.04. The minimum absolute atomic E-state index is 0.0565. The van der Waals surface area contributed by atoms with Crippen molar-refractivity contribution >= 4 is 27.3 Å². The average Bonchev–Trinajstić information content (AvgIpc) is 2.98. The maximum atomic E-state index is 12.1. The highest BCUT2D eigenvalue weighted by atomic mass is 32.2. The minimum atomic E-state index is -3.48. The largest absolute Gasteiger partial charge is 0.461 e. The molecule has 1 heterocycles. The Kier molecular flexibility index (Phi) is 5.33. The molecule has 0 saturated carbocycles. The topological polar surface area (TPSA) is 63.7 Å². The molecule has 7 heteroatoms. The van der Waals surface area contributed by atoms with Gasteiger partial charge in [0.15, 0.2) is 0 Å². The van der Waals surface area contributed by atoms with Gasteiger partial charge in [-0.25, -0.2) is 12.7 Å². The molecule has 118 valence electrons. The number of ether oxygens (including phenoxy) is 1. The van der Waals surface area contributed by atoms with Crippen LogP contribution in [0.5, 0.6) is 0 Å². The van der Waals surface area contributed by atoms with Crippen LogP contribution in [0, 0.1) is 0 Å². The van der Waals surface area contributed by atoms with Gasteiger partial charge in [-0.15, -0.1) is 11.3 Å². The third-order valence-corrected chi connectivity index (χ3v) is 5.66. The van der Waals surface area contributed by atoms with E-state index in [1.165, 1.54) is 37.6 Å². The van der Waals surface area contributed by atoms with Crippen molar-refractivity contribution in [1.82, 2.24) is 4.31 Å². The Balaban J connectivity index is 2.00. The van der Waals surface area contributed by atoms with Crippen LogP contribution in [0.3, 0.4) is 0 Å². The molecule has 0 aliphatic carbocycles. The summed E-state index contributed by atoms with van der Waals surface area (Å²) in [6.07, 6.45) is 0.230. The molecular formula is C15H17NO4S2. The summed E-state index contributed by atoms with van der Waals surface area (Å²) < 4.78 is 30.4. The molecule has 0 saturated heterocycles. The van der Waals surface area contributed by atoms with E-state index in [1.807, 2.05) is 17.5 Å². The Morgan fingerprint density at radius 3 is 2.64 bits per heavy atom. The number of benzene rings is 1. The standard InChI is InChI=1S/C15H17NO4S2/c1-16(2)22(18,19)14-7-3-5-12(9-14)11-20-15(17)10-13-6-4-8-21-13/h3-9H,10-11H2,1-2H3. The highest BCUT2D eigenvalue weighted by Crippen LogP contribution is 2.16. The van der Waals surface area contributed by atoms with Crippen LogP contribution in [-0.4, -0.2) is 32.8 Å². The first-order chi connectivity index (χ1) is 10.4. The zero-order valence-electron chi connectivity index (χ0n) is 12.4. The van der Waals surface area contributed by atoms with E-state index >= 15 is 0 Å². The Morgan fingerprint density at radius 1 is 1.23 bits per heavy atom. The fraction of sp³-hybridized carbons (Fsp3) is 0.267. The second-order valence-corrected chi connectivity index (χ2v) is 8.04. The Bertz CT molecular complexity index is 737. The monoisotopic (exact) mass is 339 g/mol. The van der Waals surface area contributed by atoms with E-state index in [9.17, 15) is 13.2 Å². The molecule has 0 radical (unpaired) electrons. The van der Waals surface area contributed by atoms with Crippen molar-refractivity contribution in [2.24, 2.45) is 0 Å². The van der Waals surface area contributed by atoms with Gasteiger partial charge in [0.05, 0.1) is 11.3 Å². The third-order valence-electron chi connectivity index (χ3n) is 2.98. The predicted octanol–water partition coefficient (Wildman–Crippen LogP) is 2.28. The third kappa shape index (κ3) is 4.16. The number of rotatable bonds is 6. The molecule has 0 aliphatic rings. The van der Waals surface area contributed by atoms with Crippen LogP contribution in [0.4, 0.5) is 0 Å². The Morgan fingerprint density at radius 2 is 2.00 bits per heavy atom. The number of carbonyl (C=O) groups is 1. The van der Waals surface area contributed by atoms with E-state index < -0.39 is 10.0 Å². The first-order valence-corrected chi connectivity index (χ1v) is 8.91. The van der Waals surface area contributed by atoms with Gasteiger partial charge in [-0.05, 0) is 29.1 Å². The fourth-order valence-corrected chi connectivity index (χ4v) is 3.44. The lowest BCUT2D eigenvalue weighted by molar-refractivity contribution is -0.144. The lowest BCUT2D eigenvalue weighted by Gasteiger charge is -2.12. The normalized spacial score (nSPS) is 11.6. The van der Waals surface area contributed by atoms with E-state index in [-0.39, 0.29) is 23.9 Å². The number of hydrogen-bond acceptors (Lipinski definition) is 5. The fourth-order valence-electron chi connectivity index (χ4n) is 1.78. The number of esters is 1. The molecule has 0 unspecified atom stereocenters. The van der Waals surface area contributed by atoms with Crippen molar-refractivity contribution < 1.29 is 17.9 Å². The van der Waals surface area contributed by atoms with Crippen LogP contribution in [0.15, 0.2) is 46.7 Å². The summed E-state index contributed by atoms with van der Waals surface area (Å²) in [5.74, 6) is -0.330. The average molecular weight is 339 g/mol. The van der Waals surface area contributed by atoms with Gasteiger partial charge in [0.1, 0.15) is 6.61 Å². The van der Waals surface area contributed by atoms with E-state index in [0.29, 0.717) is 5.56 Å². The van der Waals surface area contributed by atoms with Crippen LogP contribution >= 0.6 is 11.3 Å². The van der Waals surface area contributed by atoms with E-state index in [2.05, 4.69) is 0 Å². The molecule has 2 rings (SSSR count). The maximum absolute atomic E-state index is 12.1. The summed E-state index contributed by atoms with van der Waals surface area (Å²) in [5, 5.41) is 1.90. The molecule has 0 spiro atoms. The zero-order valence-corrected chi connectivity index (χ0v) is 14.0. The van der Waals surface area contributed by atoms with Gasteiger partial charge >= 0.3 is 5.97 Å². The zero-order chi connectivity index (χ0) is 16.2. The molecule has 0 amide bonds. The first-order valence-electron chi connectivity index (χ1n) is 6.59. The molecule has 2 aromatic rings. The number of sulfonamides is 1. The van der Waals surface area contributed by atoms with Gasteiger partial charge in [-0.2, -0.15) is 0 Å². The van der Waals surface area contributed by atoms with Crippen molar-refractivity contribution in [2.45, 2.75) is 17.9 Å². The molecule has 1 aromatic heterocycles. The van der Waals surface area contributed by atoms with Gasteiger partial charge in [-0.3, -0.25) is 4.79 Å². The number of nitrogens with zero attached hydrogens (tertiary/aromatic N) is 1. The predicted molar refractivity (Wildman–Crippen MR) is 85.1 cm³/mol. The summed E-state index contributed by atoms with van der Waals surface area (Å²) in [6, 6.07) is 10.2. The lowest BCUT2D eigenvalue weighted by atomic mass is 10.2. The van der Waals surface area contributed by atoms with Gasteiger partial charge in [0.25, 0.3) is 0 Å². The minimum Gasteiger partial charge on any atom is -0.461 e. The van der Waals surface area contributed by atoms with Crippen molar-refractivity contribution in [1.29, 1.82) is 0 Å². The molecule has 0 aliphatic heterocycles. The van der Waals surface area contributed by atoms with Crippen molar-refractivity contribution in [2.75, 3.05) is 14.1 Å². The Hall–Kier alpha value is -1.70. The molecule has 0 bridgehead atoms. The van der Waals surface area contributed by atoms with Gasteiger partial charge in [-0.1, -0.05) is 18.2 Å². The molecule has 22 heavy (non-hydrogen) atoms. The van der Waals surface area contributed by atoms with Crippen molar-refractivity contribution in [3.8, 4) is 0 Å². The van der Waals surface area contributed by atoms with E-state index in [0.717, 1.165) is 9.18 Å². The summed E-state index contributed by atoms with van der Waals surface area (Å²) in [5.41, 5.74) is 0.641. The van der Waals surface area contributed by atoms with E-state index in [4.69, 9.17) is 4.74 Å². The van der Waals surface area contributed by atoms with Crippen LogP contribution in [0.2, 0.25) is 0 Å². The second-order valence-electron chi connectivity index (χ2n) is 4.85. The molecule has 0 atom stereocenters. The van der Waals surface area contributed by atoms with Gasteiger partial charge in [0, 0.05) is 19.0 Å². The summed E-state index contributed by atoms with van der Waals surface area (Å²) in [4.78, 5) is 12.9. The quantitative estimate of drug-likeness (QED) is 0.758. The van der Waals surface area contributed by atoms with Crippen LogP contribution in [0.25, 0.3) is 0 Å². The Labute approximate surface area is 134 Å². The number of hydrogen-bond donors (Lipinski definition) is 0. The van der Waals surface area contributed by atoms with Crippen molar-refractivity contribution in [3.05, 3.63) is 52.2 Å². The molecule has 5 nitrogen and oxygen atoms in total. The molecule has 0 N–H and O–H groups in total. The SMILES string of the molecule is CN(C)S(=O)(=O)c1cccc(COC(=O)Cc2cccs2)c1. The van der Waals surface area contributed by atoms with Crippen molar-refractivity contribution in [3.63, 3.8) is 0 Å². The number of thiophene rings is 1. The van der Waals surface area contributed by atoms with Gasteiger partial charge < -0.3 is 4.74 Å². The highest BCUT2D eigenvalue weighted by Gasteiger charge is 2.17. The van der Waals surface area contributed by atoms with Crippen LogP contribution in [0.1, 0.15) is 10.4 Å². The molecule has 1 aromatic carbocycles. The number of carbonyl (C=O) groups excluding carboxylic acids is 1. The van der Waals surface area contributed by atoms with E-state index in [1.54, 1.807) is 12.1 Å². The first kappa shape index (κ1) is 16.7. The maximum Gasteiger partial charge on any atom is 0.311 e. The smallest absolute Gasteiger partial charge is 0.311 e. The van der Waals surface area contributed by atoms with Crippen LogP contribution in [-0.2, 0) is 32.6 Å².